The predicted octanol–water partition coefficient (Wildman–Crippen LogP) is 2.84. The number of benzene rings is 1. The summed E-state index contributed by atoms with van der Waals surface area (Å²) in [5.41, 5.74) is 1.24. The molecule has 0 spiro atoms. The van der Waals surface area contributed by atoms with Gasteiger partial charge in [-0.1, -0.05) is 17.7 Å². The van der Waals surface area contributed by atoms with Crippen molar-refractivity contribution in [3.63, 3.8) is 0 Å². The van der Waals surface area contributed by atoms with Crippen molar-refractivity contribution in [2.24, 2.45) is 4.99 Å². The van der Waals surface area contributed by atoms with E-state index in [9.17, 15) is 0 Å². The third-order valence-electron chi connectivity index (χ3n) is 4.26. The molecule has 2 rings (SSSR count). The molecule has 1 aromatic rings. The van der Waals surface area contributed by atoms with E-state index < -0.39 is 0 Å². The van der Waals surface area contributed by atoms with Crippen LogP contribution < -0.4 is 10.1 Å². The minimum atomic E-state index is 0.0745. The second-order valence-corrected chi connectivity index (χ2v) is 6.31. The first-order valence-corrected chi connectivity index (χ1v) is 8.93. The van der Waals surface area contributed by atoms with E-state index in [2.05, 4.69) is 48.1 Å². The zero-order valence-electron chi connectivity index (χ0n) is 15.4. The van der Waals surface area contributed by atoms with E-state index in [4.69, 9.17) is 9.47 Å². The fourth-order valence-electron chi connectivity index (χ4n) is 2.93. The van der Waals surface area contributed by atoms with Crippen LogP contribution in [0.2, 0.25) is 0 Å². The van der Waals surface area contributed by atoms with E-state index in [-0.39, 0.29) is 6.10 Å². The Hall–Kier alpha value is -1.75. The molecule has 1 fully saturated rings. The van der Waals surface area contributed by atoms with Gasteiger partial charge in [-0.05, 0) is 45.7 Å². The number of ether oxygens (including phenoxy) is 2. The first-order chi connectivity index (χ1) is 11.6. The molecule has 0 bridgehead atoms. The molecule has 0 aromatic heterocycles. The van der Waals surface area contributed by atoms with Gasteiger partial charge in [-0.2, -0.15) is 0 Å². The summed E-state index contributed by atoms with van der Waals surface area (Å²) < 4.78 is 11.7. The Morgan fingerprint density at radius 2 is 1.96 bits per heavy atom. The van der Waals surface area contributed by atoms with Gasteiger partial charge in [0.15, 0.2) is 5.96 Å². The van der Waals surface area contributed by atoms with Crippen molar-refractivity contribution in [2.45, 2.75) is 45.8 Å². The lowest BCUT2D eigenvalue weighted by molar-refractivity contribution is 0.0263. The van der Waals surface area contributed by atoms with Gasteiger partial charge in [-0.25, -0.2) is 0 Å². The monoisotopic (exact) mass is 333 g/mol. The number of nitrogens with one attached hydrogen (secondary N) is 1. The molecular weight excluding hydrogens is 302 g/mol. The van der Waals surface area contributed by atoms with Crippen LogP contribution in [-0.2, 0) is 4.74 Å². The van der Waals surface area contributed by atoms with Crippen molar-refractivity contribution in [1.29, 1.82) is 0 Å². The van der Waals surface area contributed by atoms with E-state index in [1.807, 2.05) is 19.2 Å². The van der Waals surface area contributed by atoms with Crippen molar-refractivity contribution in [3.8, 4) is 5.75 Å². The minimum absolute atomic E-state index is 0.0745. The van der Waals surface area contributed by atoms with Gasteiger partial charge < -0.3 is 19.7 Å². The summed E-state index contributed by atoms with van der Waals surface area (Å²) in [6.07, 6.45) is 2.59. The lowest BCUT2D eigenvalue weighted by Crippen LogP contribution is -2.48. The summed E-state index contributed by atoms with van der Waals surface area (Å²) in [6, 6.07) is 8.16. The molecule has 0 aliphatic carbocycles. The van der Waals surface area contributed by atoms with Gasteiger partial charge in [0.2, 0.25) is 0 Å². The maximum Gasteiger partial charge on any atom is 0.193 e. The average molecular weight is 333 g/mol. The zero-order valence-corrected chi connectivity index (χ0v) is 15.4. The lowest BCUT2D eigenvalue weighted by Gasteiger charge is -2.34. The highest BCUT2D eigenvalue weighted by atomic mass is 16.5. The second kappa shape index (κ2) is 9.52. The van der Waals surface area contributed by atoms with E-state index in [0.29, 0.717) is 6.10 Å². The van der Waals surface area contributed by atoms with Crippen LogP contribution in [0.1, 0.15) is 32.3 Å². The van der Waals surface area contributed by atoms with E-state index in [0.717, 1.165) is 50.8 Å². The van der Waals surface area contributed by atoms with Gasteiger partial charge in [0.1, 0.15) is 11.9 Å². The molecule has 1 aliphatic rings. The van der Waals surface area contributed by atoms with Crippen molar-refractivity contribution in [2.75, 3.05) is 33.3 Å². The number of aliphatic imine (C=N–C) groups is 1. The number of guanidine groups is 1. The third-order valence-corrected chi connectivity index (χ3v) is 4.26. The molecule has 0 radical (unpaired) electrons. The molecule has 1 aliphatic heterocycles. The third kappa shape index (κ3) is 5.71. The summed E-state index contributed by atoms with van der Waals surface area (Å²) in [5.74, 6) is 1.85. The average Bonchev–Trinajstić information content (AvgIpc) is 2.59. The van der Waals surface area contributed by atoms with Gasteiger partial charge in [0, 0.05) is 26.7 Å². The molecule has 24 heavy (non-hydrogen) atoms. The van der Waals surface area contributed by atoms with Crippen molar-refractivity contribution in [3.05, 3.63) is 29.8 Å². The largest absolute Gasteiger partial charge is 0.489 e. The number of rotatable bonds is 6. The second-order valence-electron chi connectivity index (χ2n) is 6.31. The van der Waals surface area contributed by atoms with Crippen LogP contribution in [0, 0.1) is 6.92 Å². The smallest absolute Gasteiger partial charge is 0.193 e. The van der Waals surface area contributed by atoms with Crippen molar-refractivity contribution < 1.29 is 9.47 Å². The van der Waals surface area contributed by atoms with Gasteiger partial charge in [-0.15, -0.1) is 0 Å². The van der Waals surface area contributed by atoms with Gasteiger partial charge in [0.05, 0.1) is 12.6 Å². The Morgan fingerprint density at radius 1 is 1.29 bits per heavy atom. The number of hydrogen-bond donors (Lipinski definition) is 1. The molecule has 134 valence electrons. The fraction of sp³-hybridized carbons (Fsp3) is 0.632. The van der Waals surface area contributed by atoms with E-state index in [1.165, 1.54) is 5.56 Å². The van der Waals surface area contributed by atoms with Crippen LogP contribution in [0.15, 0.2) is 29.3 Å². The summed E-state index contributed by atoms with van der Waals surface area (Å²) in [4.78, 5) is 6.71. The maximum atomic E-state index is 5.94. The standard InChI is InChI=1S/C19H31N3O2/c1-5-23-17-10-12-22(13-11-17)19(20-4)21-14-16(3)24-18-8-6-15(2)7-9-18/h6-9,16-17H,5,10-14H2,1-4H3,(H,20,21). The molecule has 0 saturated carbocycles. The Bertz CT molecular complexity index is 508. The number of piperidine rings is 1. The molecule has 5 heteroatoms. The summed E-state index contributed by atoms with van der Waals surface area (Å²) >= 11 is 0. The molecule has 1 N–H and O–H groups in total. The molecule has 1 heterocycles. The first-order valence-electron chi connectivity index (χ1n) is 8.93. The molecule has 1 aromatic carbocycles. The molecular formula is C19H31N3O2. The number of hydrogen-bond acceptors (Lipinski definition) is 3. The Labute approximate surface area is 146 Å². The highest BCUT2D eigenvalue weighted by Crippen LogP contribution is 2.15. The molecule has 0 amide bonds. The Balaban J connectivity index is 1.76. The SMILES string of the molecule is CCOC1CCN(C(=NC)NCC(C)Oc2ccc(C)cc2)CC1. The van der Waals surface area contributed by atoms with Gasteiger partial charge in [0.25, 0.3) is 0 Å². The first kappa shape index (κ1) is 18.6. The summed E-state index contributed by atoms with van der Waals surface area (Å²) in [5, 5.41) is 3.43. The van der Waals surface area contributed by atoms with Gasteiger partial charge in [-0.3, -0.25) is 4.99 Å². The minimum Gasteiger partial charge on any atom is -0.489 e. The molecule has 5 nitrogen and oxygen atoms in total. The van der Waals surface area contributed by atoms with Crippen LogP contribution in [-0.4, -0.2) is 56.4 Å². The summed E-state index contributed by atoms with van der Waals surface area (Å²) in [6.45, 7) is 9.70. The number of aryl methyl sites for hydroxylation is 1. The van der Waals surface area contributed by atoms with Crippen LogP contribution in [0.4, 0.5) is 0 Å². The normalized spacial score (nSPS) is 17.7. The van der Waals surface area contributed by atoms with E-state index in [1.54, 1.807) is 0 Å². The van der Waals surface area contributed by atoms with Crippen LogP contribution in [0.3, 0.4) is 0 Å². The number of nitrogens with zero attached hydrogens (tertiary/aromatic N) is 2. The van der Waals surface area contributed by atoms with E-state index >= 15 is 0 Å². The highest BCUT2D eigenvalue weighted by Gasteiger charge is 2.21. The Morgan fingerprint density at radius 3 is 2.54 bits per heavy atom. The highest BCUT2D eigenvalue weighted by molar-refractivity contribution is 5.80. The quantitative estimate of drug-likeness (QED) is 0.642. The maximum absolute atomic E-state index is 5.94. The summed E-state index contributed by atoms with van der Waals surface area (Å²) in [7, 11) is 1.84. The number of likely N-dealkylation sites (tertiary alicyclic amines) is 1. The lowest BCUT2D eigenvalue weighted by atomic mass is 10.1. The topological polar surface area (TPSA) is 46.1 Å². The Kier molecular flexibility index (Phi) is 7.37. The van der Waals surface area contributed by atoms with Crippen LogP contribution >= 0.6 is 0 Å². The van der Waals surface area contributed by atoms with Crippen LogP contribution in [0.5, 0.6) is 5.75 Å². The predicted molar refractivity (Wildman–Crippen MR) is 98.9 cm³/mol. The zero-order chi connectivity index (χ0) is 17.4. The van der Waals surface area contributed by atoms with Gasteiger partial charge >= 0.3 is 0 Å². The molecule has 1 saturated heterocycles. The van der Waals surface area contributed by atoms with Crippen molar-refractivity contribution >= 4 is 5.96 Å². The van der Waals surface area contributed by atoms with Crippen molar-refractivity contribution in [1.82, 2.24) is 10.2 Å². The fourth-order valence-corrected chi connectivity index (χ4v) is 2.93. The molecule has 1 atom stereocenters. The van der Waals surface area contributed by atoms with Crippen LogP contribution in [0.25, 0.3) is 0 Å². The molecule has 1 unspecified atom stereocenters.